The highest BCUT2D eigenvalue weighted by Crippen LogP contribution is 1.99. The van der Waals surface area contributed by atoms with Crippen LogP contribution in [0.3, 0.4) is 0 Å². The van der Waals surface area contributed by atoms with Crippen LogP contribution in [-0.2, 0) is 29.1 Å². The number of methoxy groups -OCH3 is 1. The second-order valence-corrected chi connectivity index (χ2v) is 4.97. The summed E-state index contributed by atoms with van der Waals surface area (Å²) in [5.74, 6) is -2.34. The molecule has 0 fully saturated rings. The van der Waals surface area contributed by atoms with E-state index in [1.807, 2.05) is 0 Å². The molecule has 8 heteroatoms. The number of sulfonamides is 1. The largest absolute Gasteiger partial charge is 0.468 e. The third kappa shape index (κ3) is 5.08. The smallest absolute Gasteiger partial charge is 0.322 e. The molecule has 0 aliphatic heterocycles. The van der Waals surface area contributed by atoms with Gasteiger partial charge in [0, 0.05) is 7.05 Å². The van der Waals surface area contributed by atoms with Crippen LogP contribution in [0.4, 0.5) is 0 Å². The zero-order valence-corrected chi connectivity index (χ0v) is 10.2. The van der Waals surface area contributed by atoms with Crippen molar-refractivity contribution < 1.29 is 27.5 Å². The minimum absolute atomic E-state index is 0.170. The maximum Gasteiger partial charge on any atom is 0.322 e. The zero-order valence-electron chi connectivity index (χ0n) is 9.43. The average Bonchev–Trinajstić information content (AvgIpc) is 2.17. The molecule has 0 aromatic carbocycles. The Kier molecular flexibility index (Phi) is 5.97. The van der Waals surface area contributed by atoms with Crippen molar-refractivity contribution in [2.45, 2.75) is 6.92 Å². The van der Waals surface area contributed by atoms with E-state index >= 15 is 0 Å². The van der Waals surface area contributed by atoms with E-state index in [-0.39, 0.29) is 6.61 Å². The maximum absolute atomic E-state index is 11.5. The Balaban J connectivity index is 4.41. The van der Waals surface area contributed by atoms with Crippen LogP contribution in [0.1, 0.15) is 6.92 Å². The summed E-state index contributed by atoms with van der Waals surface area (Å²) in [6.45, 7) is 1.36. The second kappa shape index (κ2) is 6.44. The van der Waals surface area contributed by atoms with Crippen molar-refractivity contribution in [3.05, 3.63) is 0 Å². The van der Waals surface area contributed by atoms with Gasteiger partial charge in [0.25, 0.3) is 0 Å². The predicted octanol–water partition coefficient (Wildman–Crippen LogP) is -1.02. The van der Waals surface area contributed by atoms with Crippen molar-refractivity contribution in [1.82, 2.24) is 4.31 Å². The van der Waals surface area contributed by atoms with Gasteiger partial charge in [-0.25, -0.2) is 8.42 Å². The lowest BCUT2D eigenvalue weighted by Gasteiger charge is -2.14. The first-order valence-electron chi connectivity index (χ1n) is 4.50. The third-order valence-electron chi connectivity index (χ3n) is 1.66. The first-order valence-corrected chi connectivity index (χ1v) is 6.10. The summed E-state index contributed by atoms with van der Waals surface area (Å²) in [4.78, 5) is 21.8. The van der Waals surface area contributed by atoms with E-state index in [2.05, 4.69) is 9.47 Å². The molecule has 0 spiro atoms. The van der Waals surface area contributed by atoms with Gasteiger partial charge in [-0.2, -0.15) is 4.31 Å². The summed E-state index contributed by atoms with van der Waals surface area (Å²) in [6.07, 6.45) is 0. The van der Waals surface area contributed by atoms with Crippen LogP contribution < -0.4 is 0 Å². The molecule has 0 aliphatic carbocycles. The summed E-state index contributed by atoms with van der Waals surface area (Å²) < 4.78 is 32.5. The number of rotatable bonds is 6. The molecule has 16 heavy (non-hydrogen) atoms. The number of nitrogens with zero attached hydrogens (tertiary/aromatic N) is 1. The molecule has 94 valence electrons. The van der Waals surface area contributed by atoms with Gasteiger partial charge in [-0.1, -0.05) is 0 Å². The van der Waals surface area contributed by atoms with Crippen LogP contribution in [0.15, 0.2) is 0 Å². The quantitative estimate of drug-likeness (QED) is 0.563. The number of esters is 2. The molecule has 0 saturated heterocycles. The Bertz CT molecular complexity index is 350. The van der Waals surface area contributed by atoms with Crippen LogP contribution in [-0.4, -0.2) is 57.7 Å². The molecule has 0 radical (unpaired) electrons. The van der Waals surface area contributed by atoms with Crippen molar-refractivity contribution in [1.29, 1.82) is 0 Å². The highest BCUT2D eigenvalue weighted by molar-refractivity contribution is 7.89. The van der Waals surface area contributed by atoms with Crippen molar-refractivity contribution in [2.75, 3.05) is 33.1 Å². The fourth-order valence-electron chi connectivity index (χ4n) is 0.805. The van der Waals surface area contributed by atoms with Crippen LogP contribution in [0.25, 0.3) is 0 Å². The summed E-state index contributed by atoms with van der Waals surface area (Å²) in [5.41, 5.74) is 0. The highest BCUT2D eigenvalue weighted by Gasteiger charge is 2.24. The first kappa shape index (κ1) is 14.8. The van der Waals surface area contributed by atoms with Gasteiger partial charge in [-0.05, 0) is 6.92 Å². The zero-order chi connectivity index (χ0) is 12.8. The molecule has 0 unspecified atom stereocenters. The Morgan fingerprint density at radius 1 is 1.25 bits per heavy atom. The Labute approximate surface area is 94.4 Å². The molecule has 0 bridgehead atoms. The molecule has 0 atom stereocenters. The number of hydrogen-bond donors (Lipinski definition) is 0. The second-order valence-electron chi connectivity index (χ2n) is 2.89. The molecular weight excluding hydrogens is 238 g/mol. The number of carbonyl (C=O) groups excluding carboxylic acids is 2. The van der Waals surface area contributed by atoms with Gasteiger partial charge in [0.1, 0.15) is 6.54 Å². The number of hydrogen-bond acceptors (Lipinski definition) is 6. The van der Waals surface area contributed by atoms with E-state index in [4.69, 9.17) is 0 Å². The predicted molar refractivity (Wildman–Crippen MR) is 55.1 cm³/mol. The SMILES string of the molecule is CCOC(=O)CN(C)S(=O)(=O)CC(=O)OC. The molecule has 0 saturated carbocycles. The molecule has 0 rings (SSSR count). The topological polar surface area (TPSA) is 90.0 Å². The molecule has 0 aromatic rings. The van der Waals surface area contributed by atoms with Crippen LogP contribution in [0.2, 0.25) is 0 Å². The van der Waals surface area contributed by atoms with E-state index in [0.29, 0.717) is 0 Å². The molecule has 0 amide bonds. The van der Waals surface area contributed by atoms with Crippen molar-refractivity contribution in [3.8, 4) is 0 Å². The minimum atomic E-state index is -3.83. The van der Waals surface area contributed by atoms with Crippen molar-refractivity contribution in [2.24, 2.45) is 0 Å². The summed E-state index contributed by atoms with van der Waals surface area (Å²) in [7, 11) is -1.55. The van der Waals surface area contributed by atoms with Crippen LogP contribution >= 0.6 is 0 Å². The number of likely N-dealkylation sites (N-methyl/N-ethyl adjacent to an activating group) is 1. The Morgan fingerprint density at radius 3 is 2.25 bits per heavy atom. The number of ether oxygens (including phenoxy) is 2. The molecule has 7 nitrogen and oxygen atoms in total. The monoisotopic (exact) mass is 253 g/mol. The summed E-state index contributed by atoms with van der Waals surface area (Å²) in [6, 6.07) is 0. The maximum atomic E-state index is 11.5. The summed E-state index contributed by atoms with van der Waals surface area (Å²) >= 11 is 0. The lowest BCUT2D eigenvalue weighted by atomic mass is 10.6. The van der Waals surface area contributed by atoms with E-state index in [9.17, 15) is 18.0 Å². The van der Waals surface area contributed by atoms with Crippen LogP contribution in [0.5, 0.6) is 0 Å². The van der Waals surface area contributed by atoms with Gasteiger partial charge in [-0.15, -0.1) is 0 Å². The highest BCUT2D eigenvalue weighted by atomic mass is 32.2. The molecule has 0 heterocycles. The third-order valence-corrected chi connectivity index (χ3v) is 3.34. The van der Waals surface area contributed by atoms with E-state index in [1.54, 1.807) is 6.92 Å². The Morgan fingerprint density at radius 2 is 1.81 bits per heavy atom. The molecule has 0 N–H and O–H groups in total. The normalized spacial score (nSPS) is 11.2. The van der Waals surface area contributed by atoms with E-state index in [0.717, 1.165) is 11.4 Å². The van der Waals surface area contributed by atoms with Gasteiger partial charge < -0.3 is 9.47 Å². The first-order chi connectivity index (χ1) is 7.33. The lowest BCUT2D eigenvalue weighted by Crippen LogP contribution is -2.36. The van der Waals surface area contributed by atoms with Crippen molar-refractivity contribution >= 4 is 22.0 Å². The molecule has 0 aliphatic rings. The minimum Gasteiger partial charge on any atom is -0.468 e. The fraction of sp³-hybridized carbons (Fsp3) is 0.750. The summed E-state index contributed by atoms with van der Waals surface area (Å²) in [5, 5.41) is 0. The van der Waals surface area contributed by atoms with Gasteiger partial charge >= 0.3 is 11.9 Å². The molecule has 0 aromatic heterocycles. The standard InChI is InChI=1S/C8H15NO6S/c1-4-15-7(10)5-9(2)16(12,13)6-8(11)14-3/h4-6H2,1-3H3. The van der Waals surface area contributed by atoms with E-state index < -0.39 is 34.3 Å². The average molecular weight is 253 g/mol. The fourth-order valence-corrected chi connectivity index (χ4v) is 1.74. The van der Waals surface area contributed by atoms with Gasteiger partial charge in [-0.3, -0.25) is 9.59 Å². The lowest BCUT2D eigenvalue weighted by molar-refractivity contribution is -0.143. The van der Waals surface area contributed by atoms with E-state index in [1.165, 1.54) is 7.05 Å². The van der Waals surface area contributed by atoms with Crippen molar-refractivity contribution in [3.63, 3.8) is 0 Å². The van der Waals surface area contributed by atoms with Gasteiger partial charge in [0.2, 0.25) is 10.0 Å². The van der Waals surface area contributed by atoms with Gasteiger partial charge in [0.05, 0.1) is 13.7 Å². The van der Waals surface area contributed by atoms with Gasteiger partial charge in [0.15, 0.2) is 5.75 Å². The Hall–Kier alpha value is -1.15. The van der Waals surface area contributed by atoms with Crippen LogP contribution in [0, 0.1) is 0 Å². The molecular formula is C8H15NO6S. The number of carbonyl (C=O) groups is 2.